The van der Waals surface area contributed by atoms with Crippen LogP contribution in [-0.2, 0) is 19.1 Å². The van der Waals surface area contributed by atoms with E-state index in [2.05, 4.69) is 24.5 Å². The number of fused-ring (bicyclic) bond motifs is 1. The molecule has 6 atom stereocenters. The summed E-state index contributed by atoms with van der Waals surface area (Å²) in [5.41, 5.74) is 3.84. The average Bonchev–Trinajstić information content (AvgIpc) is 3.55. The normalized spacial score (nSPS) is 27.4. The summed E-state index contributed by atoms with van der Waals surface area (Å²) in [7, 11) is 0. The van der Waals surface area contributed by atoms with Crippen molar-refractivity contribution in [3.63, 3.8) is 0 Å². The van der Waals surface area contributed by atoms with Gasteiger partial charge in [-0.3, -0.25) is 14.4 Å². The van der Waals surface area contributed by atoms with E-state index in [-0.39, 0.29) is 23.2 Å². The van der Waals surface area contributed by atoms with Crippen LogP contribution in [-0.4, -0.2) is 70.2 Å². The topological polar surface area (TPSA) is 151 Å². The third-order valence-electron chi connectivity index (χ3n) is 7.82. The number of hydrogen-bond acceptors (Lipinski definition) is 6. The number of ether oxygens (including phenoxy) is 1. The largest absolute Gasteiger partial charge is 0.444 e. The van der Waals surface area contributed by atoms with Crippen molar-refractivity contribution in [1.29, 1.82) is 0 Å². The van der Waals surface area contributed by atoms with Crippen molar-refractivity contribution in [2.24, 2.45) is 34.3 Å². The van der Waals surface area contributed by atoms with Crippen molar-refractivity contribution < 1.29 is 29.0 Å². The maximum absolute atomic E-state index is 13.9. The lowest BCUT2D eigenvalue weighted by molar-refractivity contribution is -0.145. The molecule has 10 nitrogen and oxygen atoms in total. The molecular formula is C26H44N4O6. The third kappa shape index (κ3) is 6.12. The third-order valence-corrected chi connectivity index (χ3v) is 7.82. The van der Waals surface area contributed by atoms with Crippen LogP contribution in [0.25, 0.3) is 0 Å². The van der Waals surface area contributed by atoms with Gasteiger partial charge in [0.25, 0.3) is 0 Å². The summed E-state index contributed by atoms with van der Waals surface area (Å²) in [5.74, 6) is -1.24. The zero-order valence-electron chi connectivity index (χ0n) is 22.9. The van der Waals surface area contributed by atoms with Crippen molar-refractivity contribution >= 4 is 23.8 Å². The van der Waals surface area contributed by atoms with Crippen LogP contribution in [0.2, 0.25) is 0 Å². The number of primary amides is 1. The number of nitrogens with one attached hydrogen (secondary N) is 2. The van der Waals surface area contributed by atoms with E-state index >= 15 is 0 Å². The second-order valence-electron chi connectivity index (χ2n) is 13.5. The number of alkyl carbamates (subject to hydrolysis) is 1. The van der Waals surface area contributed by atoms with Crippen LogP contribution in [0, 0.1) is 28.6 Å². The van der Waals surface area contributed by atoms with Crippen LogP contribution in [0.1, 0.15) is 74.7 Å². The lowest BCUT2D eigenvalue weighted by atomic mass is 9.85. The van der Waals surface area contributed by atoms with Crippen molar-refractivity contribution in [3.8, 4) is 0 Å². The molecule has 10 heteroatoms. The molecule has 5 N–H and O–H groups in total. The summed E-state index contributed by atoms with van der Waals surface area (Å²) in [4.78, 5) is 53.3. The summed E-state index contributed by atoms with van der Waals surface area (Å²) < 4.78 is 5.39. The summed E-state index contributed by atoms with van der Waals surface area (Å²) in [5, 5.41) is 15.9. The maximum atomic E-state index is 13.9. The minimum Gasteiger partial charge on any atom is -0.444 e. The average molecular weight is 509 g/mol. The minimum atomic E-state index is -1.50. The highest BCUT2D eigenvalue weighted by molar-refractivity contribution is 5.94. The Labute approximate surface area is 214 Å². The van der Waals surface area contributed by atoms with Gasteiger partial charge in [-0.15, -0.1) is 0 Å². The van der Waals surface area contributed by atoms with Crippen LogP contribution in [0.5, 0.6) is 0 Å². The quantitative estimate of drug-likeness (QED) is 0.390. The van der Waals surface area contributed by atoms with Crippen LogP contribution in [0.4, 0.5) is 4.79 Å². The number of nitrogens with two attached hydrogens (primary N) is 1. The number of hydrogen-bond donors (Lipinski definition) is 4. The molecule has 2 saturated carbocycles. The van der Waals surface area contributed by atoms with Gasteiger partial charge in [-0.2, -0.15) is 0 Å². The Morgan fingerprint density at radius 2 is 1.67 bits per heavy atom. The summed E-state index contributed by atoms with van der Waals surface area (Å²) in [6, 6.07) is -2.50. The van der Waals surface area contributed by atoms with Gasteiger partial charge < -0.3 is 31.1 Å². The molecule has 0 radical (unpaired) electrons. The van der Waals surface area contributed by atoms with E-state index in [0.29, 0.717) is 18.9 Å². The van der Waals surface area contributed by atoms with E-state index in [9.17, 15) is 24.3 Å². The van der Waals surface area contributed by atoms with Gasteiger partial charge in [0.2, 0.25) is 17.7 Å². The Morgan fingerprint density at radius 3 is 2.14 bits per heavy atom. The Bertz CT molecular complexity index is 901. The molecule has 4 amide bonds. The number of carbonyl (C=O) groups excluding carboxylic acids is 4. The van der Waals surface area contributed by atoms with Gasteiger partial charge in [-0.05, 0) is 55.8 Å². The number of rotatable bonds is 8. The lowest BCUT2D eigenvalue weighted by Crippen LogP contribution is -2.61. The number of likely N-dealkylation sites (tertiary alicyclic amines) is 1. The molecule has 2 aliphatic carbocycles. The fourth-order valence-corrected chi connectivity index (χ4v) is 5.50. The van der Waals surface area contributed by atoms with E-state index in [1.807, 2.05) is 20.8 Å². The summed E-state index contributed by atoms with van der Waals surface area (Å²) in [6.45, 7) is 15.3. The standard InChI is InChI=1S/C26H44N4O6/c1-24(2,3)19(29-23(35)36-25(4,5)6)22(34)30-12-14-16(26(14,7)8)17(30)21(33)28-15(11-13-9-10-13)18(31)20(27)32/h13-19,31H,9-12H2,1-8H3,(H2,27,32)(H,28,33)(H,29,35)/t14-,15?,16?,17?,18?,19+/m0/s1. The Kier molecular flexibility index (Phi) is 7.45. The number of amides is 4. The molecular weight excluding hydrogens is 464 g/mol. The number of piperidine rings is 1. The van der Waals surface area contributed by atoms with Crippen molar-refractivity contribution in [3.05, 3.63) is 0 Å². The Hall–Kier alpha value is -2.36. The van der Waals surface area contributed by atoms with E-state index in [1.54, 1.807) is 25.7 Å². The summed E-state index contributed by atoms with van der Waals surface area (Å²) >= 11 is 0. The number of carbonyl (C=O) groups is 4. The van der Waals surface area contributed by atoms with Crippen molar-refractivity contribution in [2.75, 3.05) is 6.54 Å². The zero-order valence-corrected chi connectivity index (χ0v) is 22.9. The van der Waals surface area contributed by atoms with Gasteiger partial charge in [0.05, 0.1) is 6.04 Å². The number of aliphatic hydroxyl groups excluding tert-OH is 1. The molecule has 1 aliphatic heterocycles. The highest BCUT2D eigenvalue weighted by atomic mass is 16.6. The first kappa shape index (κ1) is 28.2. The molecule has 0 aromatic carbocycles. The predicted molar refractivity (Wildman–Crippen MR) is 133 cm³/mol. The molecule has 1 heterocycles. The van der Waals surface area contributed by atoms with E-state index in [0.717, 1.165) is 12.8 Å². The van der Waals surface area contributed by atoms with Gasteiger partial charge in [-0.25, -0.2) is 4.79 Å². The van der Waals surface area contributed by atoms with Crippen LogP contribution < -0.4 is 16.4 Å². The number of nitrogens with zero attached hydrogens (tertiary/aromatic N) is 1. The molecule has 1 saturated heterocycles. The first-order valence-electron chi connectivity index (χ1n) is 12.9. The zero-order chi connectivity index (χ0) is 27.4. The van der Waals surface area contributed by atoms with Gasteiger partial charge in [-0.1, -0.05) is 47.5 Å². The fourth-order valence-electron chi connectivity index (χ4n) is 5.50. The SMILES string of the molecule is CC(C)(C)OC(=O)N[C@H](C(=O)N1C[C@H]2C(C1C(=O)NC(CC1CC1)C(O)C(N)=O)C2(C)C)C(C)(C)C. The Morgan fingerprint density at radius 1 is 1.08 bits per heavy atom. The first-order valence-corrected chi connectivity index (χ1v) is 12.9. The van der Waals surface area contributed by atoms with Gasteiger partial charge >= 0.3 is 6.09 Å². The predicted octanol–water partition coefficient (Wildman–Crippen LogP) is 1.54. The molecule has 36 heavy (non-hydrogen) atoms. The van der Waals surface area contributed by atoms with Gasteiger partial charge in [0, 0.05) is 6.54 Å². The molecule has 3 rings (SSSR count). The lowest BCUT2D eigenvalue weighted by Gasteiger charge is -2.38. The van der Waals surface area contributed by atoms with Gasteiger partial charge in [0.1, 0.15) is 17.7 Å². The van der Waals surface area contributed by atoms with Crippen LogP contribution >= 0.6 is 0 Å². The second-order valence-corrected chi connectivity index (χ2v) is 13.5. The molecule has 3 fully saturated rings. The van der Waals surface area contributed by atoms with Crippen LogP contribution in [0.3, 0.4) is 0 Å². The minimum absolute atomic E-state index is 0.0594. The highest BCUT2D eigenvalue weighted by Crippen LogP contribution is 2.65. The molecule has 204 valence electrons. The molecule has 0 spiro atoms. The molecule has 0 aromatic rings. The van der Waals surface area contributed by atoms with Crippen molar-refractivity contribution in [2.45, 2.75) is 104 Å². The summed E-state index contributed by atoms with van der Waals surface area (Å²) in [6.07, 6.45) is 0.217. The monoisotopic (exact) mass is 508 g/mol. The molecule has 3 aliphatic rings. The second kappa shape index (κ2) is 9.50. The fraction of sp³-hybridized carbons (Fsp3) is 0.846. The highest BCUT2D eigenvalue weighted by Gasteiger charge is 2.70. The van der Waals surface area contributed by atoms with E-state index in [4.69, 9.17) is 10.5 Å². The smallest absolute Gasteiger partial charge is 0.408 e. The Balaban J connectivity index is 1.82. The first-order chi connectivity index (χ1) is 16.3. The van der Waals surface area contributed by atoms with Crippen molar-refractivity contribution in [1.82, 2.24) is 15.5 Å². The molecule has 0 bridgehead atoms. The molecule has 4 unspecified atom stereocenters. The molecule has 0 aromatic heterocycles. The van der Waals surface area contributed by atoms with E-state index in [1.165, 1.54) is 0 Å². The van der Waals surface area contributed by atoms with E-state index < -0.39 is 53.2 Å². The maximum Gasteiger partial charge on any atom is 0.408 e. The van der Waals surface area contributed by atoms with Crippen LogP contribution in [0.15, 0.2) is 0 Å². The van der Waals surface area contributed by atoms with Gasteiger partial charge in [0.15, 0.2) is 6.10 Å². The number of aliphatic hydroxyl groups is 1.